The second kappa shape index (κ2) is 6.67. The van der Waals surface area contributed by atoms with E-state index in [9.17, 15) is 9.18 Å². The van der Waals surface area contributed by atoms with Gasteiger partial charge in [-0.1, -0.05) is 41.9 Å². The maximum atomic E-state index is 14.0. The summed E-state index contributed by atoms with van der Waals surface area (Å²) in [6, 6.07) is 12.4. The molecule has 4 rings (SSSR count). The topological polar surface area (TPSA) is 34.9 Å². The number of fused-ring (bicyclic) bond motifs is 1. The van der Waals surface area contributed by atoms with E-state index in [1.54, 1.807) is 19.1 Å². The average molecular weight is 385 g/mol. The Kier molecular flexibility index (Phi) is 4.34. The Morgan fingerprint density at radius 2 is 2.04 bits per heavy atom. The number of aryl methyl sites for hydroxylation is 1. The van der Waals surface area contributed by atoms with E-state index >= 15 is 0 Å². The van der Waals surface area contributed by atoms with Gasteiger partial charge in [-0.25, -0.2) is 9.37 Å². The Balaban J connectivity index is 1.86. The molecule has 2 heterocycles. The van der Waals surface area contributed by atoms with Gasteiger partial charge in [0.1, 0.15) is 10.6 Å². The lowest BCUT2D eigenvalue weighted by Crippen LogP contribution is -2.21. The number of benzene rings is 2. The van der Waals surface area contributed by atoms with Gasteiger partial charge in [-0.05, 0) is 35.7 Å². The van der Waals surface area contributed by atoms with Crippen molar-refractivity contribution in [2.24, 2.45) is 0 Å². The number of rotatable bonds is 3. The van der Waals surface area contributed by atoms with Gasteiger partial charge >= 0.3 is 0 Å². The smallest absolute Gasteiger partial charge is 0.263 e. The summed E-state index contributed by atoms with van der Waals surface area (Å²) in [6.07, 6.45) is 1.53. The lowest BCUT2D eigenvalue weighted by Gasteiger charge is -2.08. The summed E-state index contributed by atoms with van der Waals surface area (Å²) < 4.78 is 15.5. The highest BCUT2D eigenvalue weighted by molar-refractivity contribution is 7.17. The van der Waals surface area contributed by atoms with E-state index in [2.05, 4.69) is 4.98 Å². The summed E-state index contributed by atoms with van der Waals surface area (Å²) in [4.78, 5) is 18.1. The molecule has 2 aromatic heterocycles. The maximum Gasteiger partial charge on any atom is 0.263 e. The van der Waals surface area contributed by atoms with E-state index in [0.29, 0.717) is 38.5 Å². The zero-order valence-corrected chi connectivity index (χ0v) is 15.4. The molecule has 26 heavy (non-hydrogen) atoms. The molecule has 4 aromatic rings. The monoisotopic (exact) mass is 384 g/mol. The molecule has 0 aliphatic rings. The molecule has 0 saturated heterocycles. The zero-order valence-electron chi connectivity index (χ0n) is 13.9. The first-order valence-corrected chi connectivity index (χ1v) is 9.27. The lowest BCUT2D eigenvalue weighted by molar-refractivity contribution is 0.619. The quantitative estimate of drug-likeness (QED) is 0.482. The van der Waals surface area contributed by atoms with Crippen LogP contribution < -0.4 is 5.56 Å². The highest BCUT2D eigenvalue weighted by atomic mass is 35.5. The summed E-state index contributed by atoms with van der Waals surface area (Å²) >= 11 is 7.59. The van der Waals surface area contributed by atoms with E-state index in [1.165, 1.54) is 28.3 Å². The molecule has 6 heteroatoms. The standard InChI is InChI=1S/C20H14ClFN2OS/c1-12-6-7-13(8-17(12)22)15-10-26-19-18(15)20(25)24(11-23-19)9-14-4-2-3-5-16(14)21/h2-8,10-11H,9H2,1H3. The van der Waals surface area contributed by atoms with Gasteiger partial charge in [-0.3, -0.25) is 9.36 Å². The van der Waals surface area contributed by atoms with E-state index in [1.807, 2.05) is 29.6 Å². The predicted octanol–water partition coefficient (Wildman–Crippen LogP) is 5.27. The van der Waals surface area contributed by atoms with E-state index < -0.39 is 0 Å². The summed E-state index contributed by atoms with van der Waals surface area (Å²) in [7, 11) is 0. The van der Waals surface area contributed by atoms with Crippen molar-refractivity contribution < 1.29 is 4.39 Å². The normalized spacial score (nSPS) is 11.2. The van der Waals surface area contributed by atoms with Crippen LogP contribution in [-0.4, -0.2) is 9.55 Å². The van der Waals surface area contributed by atoms with Crippen LogP contribution >= 0.6 is 22.9 Å². The molecular formula is C20H14ClFN2OS. The van der Waals surface area contributed by atoms with Crippen molar-refractivity contribution in [2.45, 2.75) is 13.5 Å². The van der Waals surface area contributed by atoms with E-state index in [0.717, 1.165) is 5.56 Å². The molecule has 0 amide bonds. The lowest BCUT2D eigenvalue weighted by atomic mass is 10.0. The fraction of sp³-hybridized carbons (Fsp3) is 0.100. The van der Waals surface area contributed by atoms with Gasteiger partial charge in [0.15, 0.2) is 0 Å². The number of hydrogen-bond donors (Lipinski definition) is 0. The molecule has 3 nitrogen and oxygen atoms in total. The van der Waals surface area contributed by atoms with Gasteiger partial charge in [0.05, 0.1) is 18.3 Å². The van der Waals surface area contributed by atoms with Crippen LogP contribution in [0.1, 0.15) is 11.1 Å². The van der Waals surface area contributed by atoms with Crippen LogP contribution in [0, 0.1) is 12.7 Å². The molecule has 0 saturated carbocycles. The van der Waals surface area contributed by atoms with Gasteiger partial charge in [0.2, 0.25) is 0 Å². The molecular weight excluding hydrogens is 371 g/mol. The summed E-state index contributed by atoms with van der Waals surface area (Å²) in [5.74, 6) is -0.290. The minimum absolute atomic E-state index is 0.160. The Morgan fingerprint density at radius 3 is 2.81 bits per heavy atom. The van der Waals surface area contributed by atoms with Gasteiger partial charge < -0.3 is 0 Å². The molecule has 0 aliphatic carbocycles. The fourth-order valence-corrected chi connectivity index (χ4v) is 3.97. The third-order valence-corrected chi connectivity index (χ3v) is 5.60. The molecule has 0 unspecified atom stereocenters. The van der Waals surface area contributed by atoms with Crippen molar-refractivity contribution in [1.29, 1.82) is 0 Å². The van der Waals surface area contributed by atoms with Crippen molar-refractivity contribution in [3.8, 4) is 11.1 Å². The summed E-state index contributed by atoms with van der Waals surface area (Å²) in [6.45, 7) is 2.04. The van der Waals surface area contributed by atoms with Crippen molar-refractivity contribution in [2.75, 3.05) is 0 Å². The van der Waals surface area contributed by atoms with Crippen molar-refractivity contribution >= 4 is 33.2 Å². The van der Waals surface area contributed by atoms with Gasteiger partial charge in [-0.15, -0.1) is 11.3 Å². The minimum atomic E-state index is -0.290. The zero-order chi connectivity index (χ0) is 18.3. The molecule has 0 atom stereocenters. The Morgan fingerprint density at radius 1 is 1.23 bits per heavy atom. The van der Waals surface area contributed by atoms with Crippen LogP contribution in [0.15, 0.2) is 59.0 Å². The average Bonchev–Trinajstić information content (AvgIpc) is 3.06. The first kappa shape index (κ1) is 16.9. The number of nitrogens with zero attached hydrogens (tertiary/aromatic N) is 2. The first-order valence-electron chi connectivity index (χ1n) is 8.01. The van der Waals surface area contributed by atoms with Crippen LogP contribution in [-0.2, 0) is 6.54 Å². The summed E-state index contributed by atoms with van der Waals surface area (Å²) in [5.41, 5.74) is 2.63. The third kappa shape index (κ3) is 2.93. The molecule has 2 aromatic carbocycles. The molecule has 0 radical (unpaired) electrons. The van der Waals surface area contributed by atoms with Crippen LogP contribution in [0.4, 0.5) is 4.39 Å². The Labute approximate surface area is 158 Å². The molecule has 130 valence electrons. The predicted molar refractivity (Wildman–Crippen MR) is 105 cm³/mol. The Hall–Kier alpha value is -2.50. The minimum Gasteiger partial charge on any atom is -0.294 e. The van der Waals surface area contributed by atoms with Crippen LogP contribution in [0.2, 0.25) is 5.02 Å². The first-order chi connectivity index (χ1) is 12.5. The van der Waals surface area contributed by atoms with E-state index in [4.69, 9.17) is 11.6 Å². The fourth-order valence-electron chi connectivity index (χ4n) is 2.86. The van der Waals surface area contributed by atoms with Crippen molar-refractivity contribution in [3.63, 3.8) is 0 Å². The SMILES string of the molecule is Cc1ccc(-c2csc3ncn(Cc4ccccc4Cl)c(=O)c23)cc1F. The maximum absolute atomic E-state index is 14.0. The second-order valence-corrected chi connectivity index (χ2v) is 7.33. The van der Waals surface area contributed by atoms with Crippen LogP contribution in [0.25, 0.3) is 21.3 Å². The van der Waals surface area contributed by atoms with E-state index in [-0.39, 0.29) is 11.4 Å². The number of aromatic nitrogens is 2. The van der Waals surface area contributed by atoms with Crippen LogP contribution in [0.5, 0.6) is 0 Å². The molecule has 0 spiro atoms. The van der Waals surface area contributed by atoms with Gasteiger partial charge in [0, 0.05) is 16.0 Å². The second-order valence-electron chi connectivity index (χ2n) is 6.06. The number of halogens is 2. The highest BCUT2D eigenvalue weighted by Crippen LogP contribution is 2.31. The van der Waals surface area contributed by atoms with Crippen molar-refractivity contribution in [3.05, 3.63) is 86.5 Å². The van der Waals surface area contributed by atoms with Gasteiger partial charge in [-0.2, -0.15) is 0 Å². The number of hydrogen-bond acceptors (Lipinski definition) is 3. The molecule has 0 N–H and O–H groups in total. The molecule has 0 bridgehead atoms. The van der Waals surface area contributed by atoms with Gasteiger partial charge in [0.25, 0.3) is 5.56 Å². The van der Waals surface area contributed by atoms with Crippen LogP contribution in [0.3, 0.4) is 0 Å². The Bertz CT molecular complexity index is 1180. The number of thiophene rings is 1. The third-order valence-electron chi connectivity index (χ3n) is 4.34. The van der Waals surface area contributed by atoms with Crippen molar-refractivity contribution in [1.82, 2.24) is 9.55 Å². The largest absolute Gasteiger partial charge is 0.294 e. The summed E-state index contributed by atoms with van der Waals surface area (Å²) in [5, 5.41) is 2.96. The highest BCUT2D eigenvalue weighted by Gasteiger charge is 2.15. The molecule has 0 aliphatic heterocycles. The molecule has 0 fully saturated rings.